The van der Waals surface area contributed by atoms with Crippen molar-refractivity contribution in [1.82, 2.24) is 9.97 Å². The molecule has 2 aliphatic rings. The fourth-order valence-electron chi connectivity index (χ4n) is 5.69. The number of pyridine rings is 2. The lowest BCUT2D eigenvalue weighted by molar-refractivity contribution is -0.0682. The van der Waals surface area contributed by atoms with Crippen molar-refractivity contribution in [2.45, 2.75) is 56.3 Å². The van der Waals surface area contributed by atoms with E-state index >= 15 is 8.78 Å². The molecule has 0 unspecified atom stereocenters. The van der Waals surface area contributed by atoms with Crippen LogP contribution in [0.3, 0.4) is 0 Å². The zero-order valence-corrected chi connectivity index (χ0v) is 21.9. The van der Waals surface area contributed by atoms with Crippen LogP contribution in [0.15, 0.2) is 42.7 Å². The van der Waals surface area contributed by atoms with E-state index < -0.39 is 52.4 Å². The quantitative estimate of drug-likeness (QED) is 0.374. The topological polar surface area (TPSA) is 131 Å². The lowest BCUT2D eigenvalue weighted by atomic mass is 9.74. The van der Waals surface area contributed by atoms with Gasteiger partial charge in [0.05, 0.1) is 29.2 Å². The van der Waals surface area contributed by atoms with Crippen LogP contribution in [0.4, 0.5) is 18.9 Å². The van der Waals surface area contributed by atoms with E-state index in [2.05, 4.69) is 15.3 Å². The molecule has 2 fully saturated rings. The Kier molecular flexibility index (Phi) is 7.92. The summed E-state index contributed by atoms with van der Waals surface area (Å²) in [5.41, 5.74) is 4.19. The molecule has 1 amide bonds. The zero-order chi connectivity index (χ0) is 28.6. The normalized spacial score (nSPS) is 24.5. The first-order valence-corrected chi connectivity index (χ1v) is 13.2. The second-order valence-corrected chi connectivity index (χ2v) is 10.7. The number of aromatic nitrogens is 2. The summed E-state index contributed by atoms with van der Waals surface area (Å²) in [5.74, 6) is -4.06. The number of nitrogens with one attached hydrogen (secondary N) is 1. The number of hydrogen-bond donors (Lipinski definition) is 4. The van der Waals surface area contributed by atoms with Crippen LogP contribution < -0.4 is 11.1 Å². The minimum Gasteiger partial charge on any atom is -0.391 e. The maximum Gasteiger partial charge on any atom is 0.274 e. The Morgan fingerprint density at radius 1 is 1.10 bits per heavy atom. The van der Waals surface area contributed by atoms with Gasteiger partial charge in [-0.3, -0.25) is 9.78 Å². The van der Waals surface area contributed by atoms with E-state index in [-0.39, 0.29) is 49.1 Å². The molecule has 1 aromatic carbocycles. The van der Waals surface area contributed by atoms with E-state index in [1.54, 1.807) is 12.3 Å². The van der Waals surface area contributed by atoms with E-state index in [0.717, 1.165) is 29.8 Å². The molecular formula is C29H31F3N4O4. The van der Waals surface area contributed by atoms with E-state index in [1.165, 1.54) is 6.20 Å². The molecule has 3 heterocycles. The summed E-state index contributed by atoms with van der Waals surface area (Å²) < 4.78 is 50.4. The number of ether oxygens (including phenoxy) is 1. The number of benzene rings is 1. The van der Waals surface area contributed by atoms with Gasteiger partial charge in [-0.25, -0.2) is 18.2 Å². The summed E-state index contributed by atoms with van der Waals surface area (Å²) in [6.45, 7) is 2.39. The number of nitrogens with zero attached hydrogens (tertiary/aromatic N) is 2. The molecule has 1 aliphatic heterocycles. The van der Waals surface area contributed by atoms with Gasteiger partial charge in [0, 0.05) is 38.3 Å². The Morgan fingerprint density at radius 2 is 1.80 bits per heavy atom. The average molecular weight is 557 g/mol. The van der Waals surface area contributed by atoms with Crippen molar-refractivity contribution >= 4 is 11.6 Å². The van der Waals surface area contributed by atoms with Crippen LogP contribution in [-0.2, 0) is 10.3 Å². The molecule has 11 heteroatoms. The first-order valence-electron chi connectivity index (χ1n) is 13.2. The molecule has 40 heavy (non-hydrogen) atoms. The second kappa shape index (κ2) is 11.2. The average Bonchev–Trinajstić information content (AvgIpc) is 2.92. The fourth-order valence-corrected chi connectivity index (χ4v) is 5.69. The SMILES string of the molecule is C[C@H]1C[C@@H](c2ccncc2NC(=O)c2ccc(F)c(-c3c(F)cc(C4(O)CCOCC4)cc3F)n2)C[C@@H](N)[C@@H]1O. The van der Waals surface area contributed by atoms with Crippen LogP contribution in [0, 0.1) is 23.4 Å². The number of halogens is 3. The van der Waals surface area contributed by atoms with E-state index in [1.807, 2.05) is 6.92 Å². The Hall–Kier alpha value is -3.38. The molecule has 5 rings (SSSR count). The summed E-state index contributed by atoms with van der Waals surface area (Å²) in [5, 5.41) is 23.8. The largest absolute Gasteiger partial charge is 0.391 e. The summed E-state index contributed by atoms with van der Waals surface area (Å²) in [7, 11) is 0. The Balaban J connectivity index is 1.42. The van der Waals surface area contributed by atoms with Gasteiger partial charge in [-0.05, 0) is 66.1 Å². The monoisotopic (exact) mass is 556 g/mol. The minimum absolute atomic E-state index is 0.0252. The molecule has 212 valence electrons. The number of rotatable bonds is 5. The highest BCUT2D eigenvalue weighted by Gasteiger charge is 2.35. The van der Waals surface area contributed by atoms with Gasteiger partial charge in [-0.2, -0.15) is 0 Å². The molecular weight excluding hydrogens is 525 g/mol. The van der Waals surface area contributed by atoms with Crippen molar-refractivity contribution < 1.29 is 32.9 Å². The van der Waals surface area contributed by atoms with Crippen LogP contribution >= 0.6 is 0 Å². The molecule has 3 aromatic rings. The molecule has 0 spiro atoms. The number of aliphatic hydroxyl groups excluding tert-OH is 1. The first-order chi connectivity index (χ1) is 19.1. The lowest BCUT2D eigenvalue weighted by Crippen LogP contribution is -2.44. The highest BCUT2D eigenvalue weighted by molar-refractivity contribution is 6.03. The third kappa shape index (κ3) is 5.46. The van der Waals surface area contributed by atoms with Crippen molar-refractivity contribution in [2.75, 3.05) is 18.5 Å². The number of carbonyl (C=O) groups is 1. The van der Waals surface area contributed by atoms with E-state index in [4.69, 9.17) is 10.5 Å². The Bertz CT molecular complexity index is 1380. The van der Waals surface area contributed by atoms with Gasteiger partial charge in [0.25, 0.3) is 5.91 Å². The van der Waals surface area contributed by atoms with Crippen LogP contribution in [0.2, 0.25) is 0 Å². The fraction of sp³-hybridized carbons (Fsp3) is 0.414. The van der Waals surface area contributed by atoms with E-state index in [9.17, 15) is 19.4 Å². The third-order valence-electron chi connectivity index (χ3n) is 7.99. The van der Waals surface area contributed by atoms with Crippen molar-refractivity contribution in [1.29, 1.82) is 0 Å². The third-order valence-corrected chi connectivity index (χ3v) is 7.99. The van der Waals surface area contributed by atoms with Crippen molar-refractivity contribution in [3.63, 3.8) is 0 Å². The molecule has 0 radical (unpaired) electrons. The van der Waals surface area contributed by atoms with Crippen LogP contribution in [0.25, 0.3) is 11.3 Å². The number of anilines is 1. The van der Waals surface area contributed by atoms with Crippen LogP contribution in [0.1, 0.15) is 60.1 Å². The maximum absolute atomic E-state index is 15.2. The molecule has 4 atom stereocenters. The molecule has 5 N–H and O–H groups in total. The van der Waals surface area contributed by atoms with Gasteiger partial charge in [0.1, 0.15) is 28.8 Å². The molecule has 8 nitrogen and oxygen atoms in total. The Labute approximate surface area is 229 Å². The summed E-state index contributed by atoms with van der Waals surface area (Å²) >= 11 is 0. The molecule has 1 saturated heterocycles. The predicted octanol–water partition coefficient (Wildman–Crippen LogP) is 4.01. The first kappa shape index (κ1) is 28.2. The summed E-state index contributed by atoms with van der Waals surface area (Å²) in [4.78, 5) is 21.2. The highest BCUT2D eigenvalue weighted by atomic mass is 19.1. The predicted molar refractivity (Wildman–Crippen MR) is 141 cm³/mol. The second-order valence-electron chi connectivity index (χ2n) is 10.7. The van der Waals surface area contributed by atoms with Gasteiger partial charge in [-0.15, -0.1) is 0 Å². The van der Waals surface area contributed by atoms with Crippen LogP contribution in [0.5, 0.6) is 0 Å². The number of aliphatic hydroxyl groups is 2. The number of hydrogen-bond acceptors (Lipinski definition) is 7. The smallest absolute Gasteiger partial charge is 0.274 e. The van der Waals surface area contributed by atoms with E-state index in [0.29, 0.717) is 18.5 Å². The summed E-state index contributed by atoms with van der Waals surface area (Å²) in [6, 6.07) is 5.31. The van der Waals surface area contributed by atoms with Crippen LogP contribution in [-0.4, -0.2) is 51.4 Å². The maximum atomic E-state index is 15.2. The highest BCUT2D eigenvalue weighted by Crippen LogP contribution is 2.39. The molecule has 2 aromatic heterocycles. The van der Waals surface area contributed by atoms with Gasteiger partial charge in [0.15, 0.2) is 0 Å². The van der Waals surface area contributed by atoms with Gasteiger partial charge < -0.3 is 26.0 Å². The summed E-state index contributed by atoms with van der Waals surface area (Å²) in [6.07, 6.45) is 3.93. The van der Waals surface area contributed by atoms with Gasteiger partial charge in [0.2, 0.25) is 0 Å². The van der Waals surface area contributed by atoms with Gasteiger partial charge in [-0.1, -0.05) is 6.92 Å². The van der Waals surface area contributed by atoms with Crippen molar-refractivity contribution in [2.24, 2.45) is 11.7 Å². The minimum atomic E-state index is -1.47. The zero-order valence-electron chi connectivity index (χ0n) is 21.9. The molecule has 1 aliphatic carbocycles. The molecule has 0 bridgehead atoms. The van der Waals surface area contributed by atoms with Gasteiger partial charge >= 0.3 is 0 Å². The standard InChI is InChI=1S/C29H31F3N4O4/c1-15-10-16(11-22(33)27(15)37)18-4-7-34-14-24(18)36-28(38)23-3-2-19(30)26(35-23)25-20(31)12-17(13-21(25)32)29(39)5-8-40-9-6-29/h2-4,7,12-16,22,27,37,39H,5-6,8-11,33H2,1H3,(H,36,38)/t15-,16+,22+,27+/m0/s1. The van der Waals surface area contributed by atoms with Crippen molar-refractivity contribution in [3.05, 3.63) is 77.0 Å². The number of amides is 1. The lowest BCUT2D eigenvalue weighted by Gasteiger charge is -2.36. The van der Waals surface area contributed by atoms with Crippen molar-refractivity contribution in [3.8, 4) is 11.3 Å². The molecule has 1 saturated carbocycles. The number of nitrogens with two attached hydrogens (primary N) is 1. The Morgan fingerprint density at radius 3 is 2.48 bits per heavy atom. The number of carbonyl (C=O) groups excluding carboxylic acids is 1.